The molecule has 0 aliphatic heterocycles. The Morgan fingerprint density at radius 1 is 1.15 bits per heavy atom. The molecule has 0 fully saturated rings. The summed E-state index contributed by atoms with van der Waals surface area (Å²) in [6, 6.07) is 17.5. The molecule has 2 aromatic heterocycles. The predicted octanol–water partition coefficient (Wildman–Crippen LogP) is 3.41. The van der Waals surface area contributed by atoms with Gasteiger partial charge in [-0.05, 0) is 30.7 Å². The van der Waals surface area contributed by atoms with E-state index in [2.05, 4.69) is 27.2 Å². The fourth-order valence-electron chi connectivity index (χ4n) is 3.00. The summed E-state index contributed by atoms with van der Waals surface area (Å²) in [7, 11) is 1.61. The summed E-state index contributed by atoms with van der Waals surface area (Å²) in [5, 5.41) is 6.62. The van der Waals surface area contributed by atoms with E-state index in [-0.39, 0.29) is 5.91 Å². The second kappa shape index (κ2) is 6.48. The minimum Gasteiger partial charge on any atom is -0.355 e. The van der Waals surface area contributed by atoms with Gasteiger partial charge in [-0.25, -0.2) is 4.98 Å². The quantitative estimate of drug-likeness (QED) is 0.615. The summed E-state index contributed by atoms with van der Waals surface area (Å²) < 4.78 is 7.53. The van der Waals surface area contributed by atoms with Crippen molar-refractivity contribution >= 4 is 16.9 Å². The average Bonchev–Trinajstić information content (AvgIpc) is 3.25. The van der Waals surface area contributed by atoms with Gasteiger partial charge in [0.15, 0.2) is 5.82 Å². The van der Waals surface area contributed by atoms with E-state index in [0.29, 0.717) is 23.7 Å². The van der Waals surface area contributed by atoms with Gasteiger partial charge in [0.05, 0.1) is 16.7 Å². The zero-order valence-corrected chi connectivity index (χ0v) is 14.6. The predicted molar refractivity (Wildman–Crippen MR) is 98.9 cm³/mol. The van der Waals surface area contributed by atoms with Gasteiger partial charge in [-0.2, -0.15) is 0 Å². The lowest BCUT2D eigenvalue weighted by Gasteiger charge is -2.08. The fourth-order valence-corrected chi connectivity index (χ4v) is 3.00. The van der Waals surface area contributed by atoms with E-state index in [1.165, 1.54) is 0 Å². The maximum absolute atomic E-state index is 11.9. The zero-order valence-electron chi connectivity index (χ0n) is 14.6. The number of fused-ring (bicyclic) bond motifs is 1. The molecule has 1 amide bonds. The summed E-state index contributed by atoms with van der Waals surface area (Å²) in [6.07, 6.45) is 0. The molecule has 130 valence electrons. The van der Waals surface area contributed by atoms with E-state index in [1.54, 1.807) is 19.2 Å². The van der Waals surface area contributed by atoms with E-state index in [0.717, 1.165) is 22.3 Å². The van der Waals surface area contributed by atoms with Crippen LogP contribution in [-0.4, -0.2) is 27.7 Å². The minimum atomic E-state index is -0.137. The molecular formula is C20H18N4O2. The molecule has 0 unspecified atom stereocenters. The number of hydrogen-bond donors (Lipinski definition) is 1. The molecule has 0 radical (unpaired) electrons. The van der Waals surface area contributed by atoms with Crippen molar-refractivity contribution in [1.82, 2.24) is 20.0 Å². The first-order valence-corrected chi connectivity index (χ1v) is 8.35. The standard InChI is InChI=1S/C20H18N4O2/c1-13-10-18(26-23-13)19-22-16-11-15(20(25)21-2)8-9-17(16)24(19)12-14-6-4-3-5-7-14/h3-11H,12H2,1-2H3,(H,21,25). The molecule has 4 aromatic rings. The number of nitrogens with one attached hydrogen (secondary N) is 1. The van der Waals surface area contributed by atoms with Crippen LogP contribution in [0.2, 0.25) is 0 Å². The summed E-state index contributed by atoms with van der Waals surface area (Å²) >= 11 is 0. The molecule has 0 bridgehead atoms. The van der Waals surface area contributed by atoms with Gasteiger partial charge in [-0.1, -0.05) is 35.5 Å². The molecule has 1 N–H and O–H groups in total. The Bertz CT molecular complexity index is 1080. The first-order chi connectivity index (χ1) is 12.7. The van der Waals surface area contributed by atoms with Gasteiger partial charge in [0, 0.05) is 25.2 Å². The van der Waals surface area contributed by atoms with Crippen LogP contribution in [-0.2, 0) is 6.54 Å². The van der Waals surface area contributed by atoms with E-state index < -0.39 is 0 Å². The van der Waals surface area contributed by atoms with Crippen LogP contribution >= 0.6 is 0 Å². The van der Waals surface area contributed by atoms with Crippen molar-refractivity contribution in [3.8, 4) is 11.6 Å². The van der Waals surface area contributed by atoms with Crippen molar-refractivity contribution in [3.63, 3.8) is 0 Å². The number of nitrogens with zero attached hydrogens (tertiary/aromatic N) is 3. The average molecular weight is 346 g/mol. The van der Waals surface area contributed by atoms with Crippen LogP contribution in [0.3, 0.4) is 0 Å². The highest BCUT2D eigenvalue weighted by atomic mass is 16.5. The molecule has 2 aromatic carbocycles. The van der Waals surface area contributed by atoms with E-state index in [1.807, 2.05) is 37.3 Å². The molecule has 0 spiro atoms. The Morgan fingerprint density at radius 3 is 2.65 bits per heavy atom. The molecular weight excluding hydrogens is 328 g/mol. The van der Waals surface area contributed by atoms with E-state index in [9.17, 15) is 4.79 Å². The zero-order chi connectivity index (χ0) is 18.1. The van der Waals surface area contributed by atoms with Gasteiger partial charge in [-0.15, -0.1) is 0 Å². The van der Waals surface area contributed by atoms with Gasteiger partial charge in [-0.3, -0.25) is 4.79 Å². The maximum Gasteiger partial charge on any atom is 0.251 e. The lowest BCUT2D eigenvalue weighted by molar-refractivity contribution is 0.0963. The summed E-state index contributed by atoms with van der Waals surface area (Å²) in [5.74, 6) is 1.16. The fraction of sp³-hybridized carbons (Fsp3) is 0.150. The first-order valence-electron chi connectivity index (χ1n) is 8.35. The van der Waals surface area contributed by atoms with Crippen molar-refractivity contribution in [2.45, 2.75) is 13.5 Å². The third-order valence-electron chi connectivity index (χ3n) is 4.27. The number of carbonyl (C=O) groups is 1. The van der Waals surface area contributed by atoms with Gasteiger partial charge in [0.25, 0.3) is 5.91 Å². The number of carbonyl (C=O) groups excluding carboxylic acids is 1. The summed E-state index contributed by atoms with van der Waals surface area (Å²) in [6.45, 7) is 2.52. The Labute approximate surface area is 150 Å². The second-order valence-electron chi connectivity index (χ2n) is 6.12. The Morgan fingerprint density at radius 2 is 1.96 bits per heavy atom. The topological polar surface area (TPSA) is 73.0 Å². The largest absolute Gasteiger partial charge is 0.355 e. The number of rotatable bonds is 4. The van der Waals surface area contributed by atoms with Crippen molar-refractivity contribution in [1.29, 1.82) is 0 Å². The summed E-state index contributed by atoms with van der Waals surface area (Å²) in [4.78, 5) is 16.7. The number of hydrogen-bond acceptors (Lipinski definition) is 4. The van der Waals surface area contributed by atoms with Crippen LogP contribution in [0.5, 0.6) is 0 Å². The van der Waals surface area contributed by atoms with Gasteiger partial charge in [0.1, 0.15) is 0 Å². The highest BCUT2D eigenvalue weighted by Crippen LogP contribution is 2.27. The van der Waals surface area contributed by atoms with Gasteiger partial charge < -0.3 is 14.4 Å². The molecule has 4 rings (SSSR count). The Hall–Kier alpha value is -3.41. The van der Waals surface area contributed by atoms with Gasteiger partial charge >= 0.3 is 0 Å². The van der Waals surface area contributed by atoms with Crippen LogP contribution in [0, 0.1) is 6.92 Å². The van der Waals surface area contributed by atoms with Crippen LogP contribution in [0.25, 0.3) is 22.6 Å². The van der Waals surface area contributed by atoms with Crippen LogP contribution < -0.4 is 5.32 Å². The Kier molecular flexibility index (Phi) is 4.01. The highest BCUT2D eigenvalue weighted by molar-refractivity contribution is 5.97. The molecule has 2 heterocycles. The maximum atomic E-state index is 11.9. The van der Waals surface area contributed by atoms with Crippen molar-refractivity contribution in [3.05, 3.63) is 71.4 Å². The number of aromatic nitrogens is 3. The molecule has 0 aliphatic rings. The van der Waals surface area contributed by atoms with Crippen molar-refractivity contribution in [2.24, 2.45) is 0 Å². The second-order valence-corrected chi connectivity index (χ2v) is 6.12. The van der Waals surface area contributed by atoms with E-state index >= 15 is 0 Å². The number of imidazole rings is 1. The lowest BCUT2D eigenvalue weighted by Crippen LogP contribution is -2.17. The van der Waals surface area contributed by atoms with Crippen LogP contribution in [0.1, 0.15) is 21.6 Å². The smallest absolute Gasteiger partial charge is 0.251 e. The van der Waals surface area contributed by atoms with E-state index in [4.69, 9.17) is 9.51 Å². The molecule has 0 aliphatic carbocycles. The number of aryl methyl sites for hydroxylation is 1. The third kappa shape index (κ3) is 2.86. The highest BCUT2D eigenvalue weighted by Gasteiger charge is 2.18. The Balaban J connectivity index is 1.89. The minimum absolute atomic E-state index is 0.137. The van der Waals surface area contributed by atoms with Gasteiger partial charge in [0.2, 0.25) is 5.76 Å². The SMILES string of the molecule is CNC(=O)c1ccc2c(c1)nc(-c1cc(C)no1)n2Cc1ccccc1. The molecule has 0 atom stereocenters. The molecule has 0 saturated heterocycles. The first kappa shape index (κ1) is 16.1. The van der Waals surface area contributed by atoms with Crippen molar-refractivity contribution in [2.75, 3.05) is 7.05 Å². The molecule has 6 heteroatoms. The molecule has 0 saturated carbocycles. The lowest BCUT2D eigenvalue weighted by atomic mass is 10.2. The third-order valence-corrected chi connectivity index (χ3v) is 4.27. The molecule has 26 heavy (non-hydrogen) atoms. The van der Waals surface area contributed by atoms with Crippen LogP contribution in [0.4, 0.5) is 0 Å². The monoisotopic (exact) mass is 346 g/mol. The normalized spacial score (nSPS) is 11.0. The number of benzene rings is 2. The molecule has 6 nitrogen and oxygen atoms in total. The van der Waals surface area contributed by atoms with Crippen molar-refractivity contribution < 1.29 is 9.32 Å². The number of amides is 1. The van der Waals surface area contributed by atoms with Crippen LogP contribution in [0.15, 0.2) is 59.1 Å². The summed E-state index contributed by atoms with van der Waals surface area (Å²) in [5.41, 5.74) is 4.20.